The smallest absolute Gasteiger partial charge is 0.379 e. The van der Waals surface area contributed by atoms with Crippen LogP contribution in [0, 0.1) is 6.92 Å². The highest BCUT2D eigenvalue weighted by atomic mass is 19.4. The van der Waals surface area contributed by atoms with Crippen molar-refractivity contribution >= 4 is 29.0 Å². The molecule has 0 spiro atoms. The lowest BCUT2D eigenvalue weighted by Gasteiger charge is -2.34. The summed E-state index contributed by atoms with van der Waals surface area (Å²) in [6.07, 6.45) is -1.82. The summed E-state index contributed by atoms with van der Waals surface area (Å²) in [6.45, 7) is 6.05. The second-order valence-corrected chi connectivity index (χ2v) is 10.2. The number of benzene rings is 1. The number of rotatable bonds is 8. The monoisotopic (exact) mass is 533 g/mol. The number of nitrogens with one attached hydrogen (secondary N) is 2. The van der Waals surface area contributed by atoms with Gasteiger partial charge in [0.1, 0.15) is 11.4 Å². The Morgan fingerprint density at radius 1 is 1.18 bits per heavy atom. The molecule has 0 radical (unpaired) electrons. The summed E-state index contributed by atoms with van der Waals surface area (Å²) in [4.78, 5) is 26.7. The van der Waals surface area contributed by atoms with Crippen molar-refractivity contribution in [2.24, 2.45) is 0 Å². The van der Waals surface area contributed by atoms with Crippen LogP contribution in [0.2, 0.25) is 0 Å². The average Bonchev–Trinajstić information content (AvgIpc) is 3.38. The summed E-state index contributed by atoms with van der Waals surface area (Å²) in [5.74, 6) is -0.206. The van der Waals surface area contributed by atoms with Gasteiger partial charge in [-0.3, -0.25) is 9.69 Å². The van der Waals surface area contributed by atoms with E-state index in [1.165, 1.54) is 6.42 Å². The van der Waals surface area contributed by atoms with E-state index in [1.807, 2.05) is 19.1 Å². The minimum Gasteiger partial charge on any atom is -0.379 e. The molecule has 3 saturated heterocycles. The molecule has 5 rings (SSSR count). The molecule has 38 heavy (non-hydrogen) atoms. The van der Waals surface area contributed by atoms with Crippen LogP contribution in [0.5, 0.6) is 0 Å². The molecule has 2 N–H and O–H groups in total. The van der Waals surface area contributed by atoms with Crippen LogP contribution < -0.4 is 15.5 Å². The summed E-state index contributed by atoms with van der Waals surface area (Å²) in [6, 6.07) is 7.16. The molecule has 2 atom stereocenters. The lowest BCUT2D eigenvalue weighted by Crippen LogP contribution is -2.44. The van der Waals surface area contributed by atoms with E-state index in [1.54, 1.807) is 4.90 Å². The third-order valence-electron chi connectivity index (χ3n) is 7.61. The normalized spacial score (nSPS) is 22.2. The number of likely N-dealkylation sites (tertiary alicyclic amines) is 1. The van der Waals surface area contributed by atoms with Gasteiger partial charge in [0.2, 0.25) is 11.9 Å². The van der Waals surface area contributed by atoms with Crippen LogP contribution in [-0.4, -0.2) is 90.7 Å². The quantitative estimate of drug-likeness (QED) is 0.499. The van der Waals surface area contributed by atoms with Gasteiger partial charge in [-0.1, -0.05) is 0 Å². The van der Waals surface area contributed by atoms with Crippen LogP contribution in [0.4, 0.5) is 36.3 Å². The van der Waals surface area contributed by atoms with Crippen molar-refractivity contribution in [2.75, 3.05) is 68.5 Å². The predicted octanol–water partition coefficient (Wildman–Crippen LogP) is 3.49. The maximum Gasteiger partial charge on any atom is 0.421 e. The Bertz CT molecular complexity index is 1160. The van der Waals surface area contributed by atoms with Gasteiger partial charge in [0.05, 0.1) is 19.6 Å². The van der Waals surface area contributed by atoms with Gasteiger partial charge in [0.25, 0.3) is 0 Å². The summed E-state index contributed by atoms with van der Waals surface area (Å²) < 4.78 is 46.2. The Balaban J connectivity index is 1.24. The summed E-state index contributed by atoms with van der Waals surface area (Å²) in [5.41, 5.74) is 1.92. The average molecular weight is 534 g/mol. The van der Waals surface area contributed by atoms with Crippen molar-refractivity contribution in [3.8, 4) is 0 Å². The Labute approximate surface area is 220 Å². The predicted molar refractivity (Wildman–Crippen MR) is 139 cm³/mol. The number of anilines is 4. The number of amides is 1. The van der Waals surface area contributed by atoms with E-state index in [2.05, 4.69) is 43.5 Å². The Morgan fingerprint density at radius 3 is 2.74 bits per heavy atom. The Morgan fingerprint density at radius 2 is 2.03 bits per heavy atom. The SMILES string of the molecule is Cc1cc(N2C[C@@H]3C[C@H]2CN3C)ccc1Nc1ncc(C(F)(F)F)c(NCCCN2CCOCCC2=O)n1. The topological polar surface area (TPSA) is 85.9 Å². The molecule has 206 valence electrons. The van der Waals surface area contributed by atoms with Gasteiger partial charge < -0.3 is 25.2 Å². The second kappa shape index (κ2) is 10.9. The van der Waals surface area contributed by atoms with Gasteiger partial charge >= 0.3 is 6.18 Å². The molecule has 1 aromatic heterocycles. The molecule has 0 aliphatic carbocycles. The number of halogens is 3. The number of carbonyl (C=O) groups is 1. The molecule has 9 nitrogen and oxygen atoms in total. The first-order valence-electron chi connectivity index (χ1n) is 13.1. The van der Waals surface area contributed by atoms with Crippen molar-refractivity contribution in [3.63, 3.8) is 0 Å². The van der Waals surface area contributed by atoms with Crippen LogP contribution in [0.15, 0.2) is 24.4 Å². The fourth-order valence-electron chi connectivity index (χ4n) is 5.49. The Hall–Kier alpha value is -3.12. The first-order valence-corrected chi connectivity index (χ1v) is 13.1. The number of hydrogen-bond donors (Lipinski definition) is 2. The minimum atomic E-state index is -4.60. The lowest BCUT2D eigenvalue weighted by atomic mass is 10.1. The third kappa shape index (κ3) is 5.80. The van der Waals surface area contributed by atoms with Crippen LogP contribution >= 0.6 is 0 Å². The summed E-state index contributed by atoms with van der Waals surface area (Å²) in [5, 5.41) is 5.89. The van der Waals surface area contributed by atoms with Crippen LogP contribution in [0.3, 0.4) is 0 Å². The minimum absolute atomic E-state index is 0.00189. The van der Waals surface area contributed by atoms with E-state index >= 15 is 0 Å². The molecular weight excluding hydrogens is 499 g/mol. The van der Waals surface area contributed by atoms with E-state index in [9.17, 15) is 18.0 Å². The van der Waals surface area contributed by atoms with Gasteiger partial charge in [0, 0.05) is 62.4 Å². The largest absolute Gasteiger partial charge is 0.421 e. The van der Waals surface area contributed by atoms with Crippen LogP contribution in [-0.2, 0) is 15.7 Å². The Kier molecular flexibility index (Phi) is 7.62. The van der Waals surface area contributed by atoms with E-state index in [-0.39, 0.29) is 24.2 Å². The lowest BCUT2D eigenvalue weighted by molar-refractivity contribution is -0.137. The second-order valence-electron chi connectivity index (χ2n) is 10.2. The van der Waals surface area contributed by atoms with E-state index in [0.29, 0.717) is 51.2 Å². The molecule has 4 heterocycles. The fraction of sp³-hybridized carbons (Fsp3) is 0.577. The van der Waals surface area contributed by atoms with E-state index in [4.69, 9.17) is 4.74 Å². The molecule has 1 aromatic carbocycles. The molecule has 3 fully saturated rings. The van der Waals surface area contributed by atoms with E-state index < -0.39 is 11.7 Å². The number of likely N-dealkylation sites (N-methyl/N-ethyl adjacent to an activating group) is 1. The van der Waals surface area contributed by atoms with Gasteiger partial charge in [0.15, 0.2) is 0 Å². The molecule has 2 aromatic rings. The van der Waals surface area contributed by atoms with Crippen LogP contribution in [0.25, 0.3) is 0 Å². The first-order chi connectivity index (χ1) is 18.2. The van der Waals surface area contributed by atoms with Crippen molar-refractivity contribution in [2.45, 2.75) is 44.4 Å². The third-order valence-corrected chi connectivity index (χ3v) is 7.61. The van der Waals surface area contributed by atoms with Crippen molar-refractivity contribution < 1.29 is 22.7 Å². The first kappa shape index (κ1) is 26.5. The number of piperazine rings is 1. The number of nitrogens with zero attached hydrogens (tertiary/aromatic N) is 5. The van der Waals surface area contributed by atoms with Gasteiger partial charge in [-0.05, 0) is 50.6 Å². The maximum atomic E-state index is 13.6. The molecule has 3 aliphatic rings. The van der Waals surface area contributed by atoms with Crippen molar-refractivity contribution in [1.29, 1.82) is 0 Å². The maximum absolute atomic E-state index is 13.6. The highest BCUT2D eigenvalue weighted by Crippen LogP contribution is 2.36. The number of hydrogen-bond acceptors (Lipinski definition) is 8. The molecule has 12 heteroatoms. The molecule has 0 unspecified atom stereocenters. The van der Waals surface area contributed by atoms with Gasteiger partial charge in [-0.15, -0.1) is 0 Å². The zero-order valence-corrected chi connectivity index (χ0v) is 21.7. The zero-order valence-electron chi connectivity index (χ0n) is 21.7. The fourth-order valence-corrected chi connectivity index (χ4v) is 5.49. The number of fused-ring (bicyclic) bond motifs is 2. The van der Waals surface area contributed by atoms with Crippen molar-refractivity contribution in [3.05, 3.63) is 35.5 Å². The molecule has 1 amide bonds. The van der Waals surface area contributed by atoms with Crippen LogP contribution in [0.1, 0.15) is 30.4 Å². The number of alkyl halides is 3. The summed E-state index contributed by atoms with van der Waals surface area (Å²) >= 11 is 0. The van der Waals surface area contributed by atoms with Gasteiger partial charge in [-0.2, -0.15) is 18.2 Å². The molecule has 3 aliphatic heterocycles. The molecular formula is C26H34F3N7O2. The number of ether oxygens (including phenoxy) is 1. The van der Waals surface area contributed by atoms with Crippen molar-refractivity contribution in [1.82, 2.24) is 19.8 Å². The number of aromatic nitrogens is 2. The molecule has 0 saturated carbocycles. The highest BCUT2D eigenvalue weighted by molar-refractivity contribution is 5.76. The zero-order chi connectivity index (χ0) is 26.9. The van der Waals surface area contributed by atoms with E-state index in [0.717, 1.165) is 36.2 Å². The van der Waals surface area contributed by atoms with Gasteiger partial charge in [-0.25, -0.2) is 4.98 Å². The summed E-state index contributed by atoms with van der Waals surface area (Å²) in [7, 11) is 2.17. The number of carbonyl (C=O) groups excluding carboxylic acids is 1. The highest BCUT2D eigenvalue weighted by Gasteiger charge is 2.41. The number of aryl methyl sites for hydroxylation is 1. The molecule has 2 bridgehead atoms. The standard InChI is InChI=1S/C26H34F3N7O2/c1-17-12-18(36-16-19-13-20(36)15-34(19)2)4-5-22(17)32-25-31-14-21(26(27,28)29)24(33-25)30-7-3-8-35-9-11-38-10-6-23(35)37/h4-5,12,14,19-20H,3,6-11,13,15-16H2,1-2H3,(H2,30,31,32,33)/t19-,20-/m0/s1.